The smallest absolute Gasteiger partial charge is 0.249 e. The number of aryl methyl sites for hydroxylation is 2. The van der Waals surface area contributed by atoms with Crippen molar-refractivity contribution < 1.29 is 9.42 Å². The summed E-state index contributed by atoms with van der Waals surface area (Å²) in [5.74, 6) is -0.158. The average molecular weight is 354 g/mol. The Kier molecular flexibility index (Phi) is 4.10. The molecule has 1 aliphatic rings. The lowest BCUT2D eigenvalue weighted by Gasteiger charge is -2.18. The molecule has 1 fully saturated rings. The van der Waals surface area contributed by atoms with Gasteiger partial charge in [0.25, 0.3) is 0 Å². The molecule has 1 atom stereocenters. The lowest BCUT2D eigenvalue weighted by molar-refractivity contribution is -0.119. The van der Waals surface area contributed by atoms with Crippen molar-refractivity contribution in [1.82, 2.24) is 20.1 Å². The molecular weight excluding hydrogens is 332 g/mol. The predicted octanol–water partition coefficient (Wildman–Crippen LogP) is 2.84. The third-order valence-corrected chi connectivity index (χ3v) is 4.89. The Morgan fingerprint density at radius 2 is 1.92 bits per heavy atom. The van der Waals surface area contributed by atoms with E-state index in [0.717, 1.165) is 30.2 Å². The minimum absolute atomic E-state index is 0.158. The molecule has 26 heavy (non-hydrogen) atoms. The molecule has 1 unspecified atom stereocenters. The van der Waals surface area contributed by atoms with Crippen LogP contribution in [0.2, 0.25) is 0 Å². The van der Waals surface area contributed by atoms with Gasteiger partial charge < -0.3 is 10.2 Å². The zero-order chi connectivity index (χ0) is 18.3. The number of hydrogen-bond donors (Lipinski definition) is 1. The van der Waals surface area contributed by atoms with Crippen LogP contribution in [0.25, 0.3) is 11.0 Å². The molecule has 0 bridgehead atoms. The van der Waals surface area contributed by atoms with Gasteiger partial charge >= 0.3 is 0 Å². The molecule has 1 aliphatic heterocycles. The second kappa shape index (κ2) is 6.44. The number of nitrogens with one attached hydrogen (secondary N) is 1. The van der Waals surface area contributed by atoms with Crippen molar-refractivity contribution >= 4 is 28.3 Å². The van der Waals surface area contributed by atoms with E-state index in [-0.39, 0.29) is 5.91 Å². The SMILES string of the molecule is Cc1cc(C)n(C(C)C(=O)Nc2ccc(N3CCCC3)c3nonc23)n1. The normalized spacial score (nSPS) is 15.6. The number of hydrogen-bond acceptors (Lipinski definition) is 6. The Morgan fingerprint density at radius 3 is 2.62 bits per heavy atom. The van der Waals surface area contributed by atoms with Crippen LogP contribution in [0.1, 0.15) is 37.2 Å². The van der Waals surface area contributed by atoms with E-state index in [0.29, 0.717) is 16.7 Å². The quantitative estimate of drug-likeness (QED) is 0.775. The van der Waals surface area contributed by atoms with Crippen LogP contribution in [0.3, 0.4) is 0 Å². The third-order valence-electron chi connectivity index (χ3n) is 4.89. The van der Waals surface area contributed by atoms with Gasteiger partial charge in [-0.25, -0.2) is 4.63 Å². The van der Waals surface area contributed by atoms with E-state index in [1.165, 1.54) is 12.8 Å². The van der Waals surface area contributed by atoms with Crippen LogP contribution in [-0.4, -0.2) is 39.1 Å². The van der Waals surface area contributed by atoms with Crippen LogP contribution in [0.5, 0.6) is 0 Å². The highest BCUT2D eigenvalue weighted by Crippen LogP contribution is 2.32. The van der Waals surface area contributed by atoms with Crippen LogP contribution in [-0.2, 0) is 4.79 Å². The first-order chi connectivity index (χ1) is 12.5. The number of benzene rings is 1. The fourth-order valence-corrected chi connectivity index (χ4v) is 3.55. The van der Waals surface area contributed by atoms with Crippen LogP contribution in [0.15, 0.2) is 22.8 Å². The van der Waals surface area contributed by atoms with Crippen molar-refractivity contribution in [2.45, 2.75) is 39.7 Å². The van der Waals surface area contributed by atoms with Crippen molar-refractivity contribution in [1.29, 1.82) is 0 Å². The first-order valence-electron chi connectivity index (χ1n) is 8.88. The van der Waals surface area contributed by atoms with Crippen LogP contribution >= 0.6 is 0 Å². The first kappa shape index (κ1) is 16.6. The Morgan fingerprint density at radius 1 is 1.19 bits per heavy atom. The van der Waals surface area contributed by atoms with Crippen LogP contribution in [0.4, 0.5) is 11.4 Å². The summed E-state index contributed by atoms with van der Waals surface area (Å²) in [6.07, 6.45) is 2.34. The monoisotopic (exact) mass is 354 g/mol. The molecule has 8 nitrogen and oxygen atoms in total. The molecule has 1 saturated heterocycles. The van der Waals surface area contributed by atoms with Gasteiger partial charge in [-0.3, -0.25) is 9.48 Å². The second-order valence-corrected chi connectivity index (χ2v) is 6.82. The maximum Gasteiger partial charge on any atom is 0.249 e. The Hall–Kier alpha value is -2.90. The summed E-state index contributed by atoms with van der Waals surface area (Å²) in [6, 6.07) is 5.36. The molecule has 0 spiro atoms. The number of carbonyl (C=O) groups is 1. The van der Waals surface area contributed by atoms with Gasteiger partial charge in [0.15, 0.2) is 11.0 Å². The van der Waals surface area contributed by atoms with Gasteiger partial charge in [0, 0.05) is 18.8 Å². The highest BCUT2D eigenvalue weighted by Gasteiger charge is 2.22. The maximum absolute atomic E-state index is 12.7. The molecule has 4 rings (SSSR count). The van der Waals surface area contributed by atoms with Crippen LogP contribution < -0.4 is 10.2 Å². The largest absolute Gasteiger partial charge is 0.370 e. The fraction of sp³-hybridized carbons (Fsp3) is 0.444. The third kappa shape index (κ3) is 2.81. The number of anilines is 2. The summed E-state index contributed by atoms with van der Waals surface area (Å²) in [7, 11) is 0. The molecule has 136 valence electrons. The van der Waals surface area contributed by atoms with E-state index in [9.17, 15) is 4.79 Å². The molecule has 8 heteroatoms. The molecule has 3 heterocycles. The lowest BCUT2D eigenvalue weighted by Crippen LogP contribution is -2.25. The number of fused-ring (bicyclic) bond motifs is 1. The van der Waals surface area contributed by atoms with Gasteiger partial charge in [-0.2, -0.15) is 5.10 Å². The van der Waals surface area contributed by atoms with E-state index < -0.39 is 6.04 Å². The van der Waals surface area contributed by atoms with E-state index in [1.54, 1.807) is 4.68 Å². The van der Waals surface area contributed by atoms with Gasteiger partial charge in [-0.15, -0.1) is 0 Å². The Labute approximate surface area is 151 Å². The predicted molar refractivity (Wildman–Crippen MR) is 98.3 cm³/mol. The zero-order valence-corrected chi connectivity index (χ0v) is 15.2. The van der Waals surface area contributed by atoms with E-state index in [2.05, 4.69) is 25.6 Å². The zero-order valence-electron chi connectivity index (χ0n) is 15.2. The van der Waals surface area contributed by atoms with Gasteiger partial charge in [0.2, 0.25) is 5.91 Å². The topological polar surface area (TPSA) is 89.1 Å². The lowest BCUT2D eigenvalue weighted by atomic mass is 10.2. The van der Waals surface area contributed by atoms with E-state index in [1.807, 2.05) is 39.0 Å². The Balaban J connectivity index is 1.61. The second-order valence-electron chi connectivity index (χ2n) is 6.82. The summed E-state index contributed by atoms with van der Waals surface area (Å²) >= 11 is 0. The standard InChI is InChI=1S/C18H22N6O2/c1-11-10-12(2)24(20-11)13(3)18(25)19-14-6-7-15(23-8-4-5-9-23)17-16(14)21-26-22-17/h6-7,10,13H,4-5,8-9H2,1-3H3,(H,19,25). The summed E-state index contributed by atoms with van der Waals surface area (Å²) in [6.45, 7) is 7.68. The molecule has 1 aromatic carbocycles. The summed E-state index contributed by atoms with van der Waals surface area (Å²) in [5, 5.41) is 15.4. The van der Waals surface area contributed by atoms with E-state index in [4.69, 9.17) is 4.63 Å². The molecule has 0 radical (unpaired) electrons. The molecule has 3 aromatic rings. The summed E-state index contributed by atoms with van der Waals surface area (Å²) in [5.41, 5.74) is 4.70. The van der Waals surface area contributed by atoms with Crippen molar-refractivity contribution in [3.63, 3.8) is 0 Å². The summed E-state index contributed by atoms with van der Waals surface area (Å²) < 4.78 is 6.68. The average Bonchev–Trinajstić information content (AvgIpc) is 3.35. The van der Waals surface area contributed by atoms with Crippen molar-refractivity contribution in [2.24, 2.45) is 0 Å². The fourth-order valence-electron chi connectivity index (χ4n) is 3.55. The number of carbonyl (C=O) groups excluding carboxylic acids is 1. The molecule has 1 amide bonds. The molecular formula is C18H22N6O2. The molecule has 1 N–H and O–H groups in total. The number of aromatic nitrogens is 4. The molecule has 0 aliphatic carbocycles. The van der Waals surface area contributed by atoms with Gasteiger partial charge in [0.1, 0.15) is 6.04 Å². The molecule has 2 aromatic heterocycles. The van der Waals surface area contributed by atoms with Crippen molar-refractivity contribution in [3.05, 3.63) is 29.6 Å². The minimum Gasteiger partial charge on any atom is -0.370 e. The first-order valence-corrected chi connectivity index (χ1v) is 8.88. The van der Waals surface area contributed by atoms with Gasteiger partial charge in [-0.05, 0) is 62.1 Å². The maximum atomic E-state index is 12.7. The Bertz CT molecular complexity index is 954. The highest BCUT2D eigenvalue weighted by molar-refractivity contribution is 6.03. The van der Waals surface area contributed by atoms with Crippen molar-refractivity contribution in [3.8, 4) is 0 Å². The van der Waals surface area contributed by atoms with E-state index >= 15 is 0 Å². The minimum atomic E-state index is -0.433. The van der Waals surface area contributed by atoms with Gasteiger partial charge in [-0.1, -0.05) is 0 Å². The highest BCUT2D eigenvalue weighted by atomic mass is 16.6. The molecule has 0 saturated carbocycles. The number of rotatable bonds is 4. The summed E-state index contributed by atoms with van der Waals surface area (Å²) in [4.78, 5) is 15.0. The van der Waals surface area contributed by atoms with Gasteiger partial charge in [0.05, 0.1) is 17.1 Å². The number of amides is 1. The van der Waals surface area contributed by atoms with Crippen LogP contribution in [0, 0.1) is 13.8 Å². The van der Waals surface area contributed by atoms with Crippen molar-refractivity contribution in [2.75, 3.05) is 23.3 Å². The number of nitrogens with zero attached hydrogens (tertiary/aromatic N) is 5.